The molecule has 1 aromatic rings. The van der Waals surface area contributed by atoms with Crippen molar-refractivity contribution in [1.82, 2.24) is 5.32 Å². The topological polar surface area (TPSA) is 15.3 Å². The van der Waals surface area contributed by atoms with Crippen LogP contribution >= 0.6 is 22.6 Å². The molecule has 0 spiro atoms. The maximum absolute atomic E-state index is 3.79. The monoisotopic (exact) mass is 356 g/mol. The fourth-order valence-corrected chi connectivity index (χ4v) is 3.40. The third kappa shape index (κ3) is 2.67. The fraction of sp³-hybridized carbons (Fsp3) is 0.600. The molecule has 1 heterocycles. The number of hydrogen-bond donors (Lipinski definition) is 1. The average Bonchev–Trinajstić information content (AvgIpc) is 3.17. The smallest absolute Gasteiger partial charge is 0.0367 e. The van der Waals surface area contributed by atoms with Crippen molar-refractivity contribution in [2.45, 2.75) is 31.7 Å². The van der Waals surface area contributed by atoms with Gasteiger partial charge >= 0.3 is 0 Å². The summed E-state index contributed by atoms with van der Waals surface area (Å²) < 4.78 is 1.31. The van der Waals surface area contributed by atoms with Crippen LogP contribution in [0.2, 0.25) is 0 Å². The van der Waals surface area contributed by atoms with Gasteiger partial charge in [0, 0.05) is 27.9 Å². The van der Waals surface area contributed by atoms with Gasteiger partial charge < -0.3 is 10.2 Å². The lowest BCUT2D eigenvalue weighted by Crippen LogP contribution is -2.51. The van der Waals surface area contributed by atoms with E-state index in [0.29, 0.717) is 5.54 Å². The van der Waals surface area contributed by atoms with Crippen LogP contribution in [0.15, 0.2) is 24.3 Å². The largest absolute Gasteiger partial charge is 0.370 e. The van der Waals surface area contributed by atoms with Crippen LogP contribution in [0, 0.1) is 9.49 Å². The van der Waals surface area contributed by atoms with E-state index in [1.54, 1.807) is 0 Å². The first-order chi connectivity index (χ1) is 8.67. The summed E-state index contributed by atoms with van der Waals surface area (Å²) in [5.41, 5.74) is 1.70. The molecule has 1 N–H and O–H groups in total. The third-order valence-corrected chi connectivity index (χ3v) is 5.04. The van der Waals surface area contributed by atoms with Crippen molar-refractivity contribution in [3.8, 4) is 0 Å². The molecule has 2 aliphatic rings. The van der Waals surface area contributed by atoms with Crippen LogP contribution in [0.4, 0.5) is 5.69 Å². The van der Waals surface area contributed by atoms with Gasteiger partial charge in [-0.1, -0.05) is 0 Å². The first-order valence-electron chi connectivity index (χ1n) is 6.93. The predicted octanol–water partition coefficient (Wildman–Crippen LogP) is 3.26. The molecule has 3 rings (SSSR count). The SMILES string of the molecule is CC1(C2CC2)CN(c2ccc(I)cc2)CCCN1. The minimum Gasteiger partial charge on any atom is -0.370 e. The van der Waals surface area contributed by atoms with E-state index in [-0.39, 0.29) is 0 Å². The highest BCUT2D eigenvalue weighted by Crippen LogP contribution is 2.41. The minimum absolute atomic E-state index is 0.319. The lowest BCUT2D eigenvalue weighted by Gasteiger charge is -2.35. The standard InChI is InChI=1S/C15H21IN2/c1-15(12-3-4-12)11-18(10-2-9-17-15)14-7-5-13(16)6-8-14/h5-8,12,17H,2-4,9-11H2,1H3. The van der Waals surface area contributed by atoms with Crippen LogP contribution in [0.5, 0.6) is 0 Å². The van der Waals surface area contributed by atoms with Crippen molar-refractivity contribution in [2.24, 2.45) is 5.92 Å². The first-order valence-corrected chi connectivity index (χ1v) is 8.01. The molecule has 1 unspecified atom stereocenters. The molecule has 1 saturated carbocycles. The maximum Gasteiger partial charge on any atom is 0.0367 e. The molecule has 98 valence electrons. The van der Waals surface area contributed by atoms with Gasteiger partial charge in [-0.2, -0.15) is 0 Å². The van der Waals surface area contributed by atoms with Crippen molar-refractivity contribution in [3.05, 3.63) is 27.8 Å². The van der Waals surface area contributed by atoms with Crippen LogP contribution in [0.1, 0.15) is 26.2 Å². The van der Waals surface area contributed by atoms with Gasteiger partial charge in [-0.25, -0.2) is 0 Å². The van der Waals surface area contributed by atoms with Gasteiger partial charge in [0.15, 0.2) is 0 Å². The maximum atomic E-state index is 3.79. The Morgan fingerprint density at radius 3 is 2.67 bits per heavy atom. The van der Waals surface area contributed by atoms with Crippen LogP contribution in [-0.4, -0.2) is 25.2 Å². The van der Waals surface area contributed by atoms with Crippen LogP contribution in [0.3, 0.4) is 0 Å². The van der Waals surface area contributed by atoms with Crippen molar-refractivity contribution in [3.63, 3.8) is 0 Å². The van der Waals surface area contributed by atoms with Crippen molar-refractivity contribution < 1.29 is 0 Å². The van der Waals surface area contributed by atoms with Crippen molar-refractivity contribution >= 4 is 28.3 Å². The summed E-state index contributed by atoms with van der Waals surface area (Å²) in [5, 5.41) is 3.79. The molecule has 2 fully saturated rings. The zero-order valence-electron chi connectivity index (χ0n) is 11.0. The molecule has 1 aliphatic carbocycles. The Labute approximate surface area is 123 Å². The Hall–Kier alpha value is -0.290. The van der Waals surface area contributed by atoms with Gasteiger partial charge in [0.2, 0.25) is 0 Å². The Balaban J connectivity index is 1.80. The number of halogens is 1. The van der Waals surface area contributed by atoms with Gasteiger partial charge in [0.25, 0.3) is 0 Å². The second-order valence-electron chi connectivity index (χ2n) is 5.87. The molecule has 3 heteroatoms. The fourth-order valence-electron chi connectivity index (χ4n) is 3.04. The van der Waals surface area contributed by atoms with E-state index in [1.807, 2.05) is 0 Å². The molecule has 1 saturated heterocycles. The second-order valence-corrected chi connectivity index (χ2v) is 7.12. The summed E-state index contributed by atoms with van der Waals surface area (Å²) in [4.78, 5) is 2.56. The highest BCUT2D eigenvalue weighted by Gasteiger charge is 2.42. The van der Waals surface area contributed by atoms with E-state index >= 15 is 0 Å². The Bertz CT molecular complexity index is 413. The molecule has 0 radical (unpaired) electrons. The van der Waals surface area contributed by atoms with E-state index in [2.05, 4.69) is 64.0 Å². The van der Waals surface area contributed by atoms with E-state index in [1.165, 1.54) is 35.1 Å². The lowest BCUT2D eigenvalue weighted by molar-refractivity contribution is 0.331. The summed E-state index contributed by atoms with van der Waals surface area (Å²) in [6, 6.07) is 8.95. The zero-order valence-corrected chi connectivity index (χ0v) is 13.1. The van der Waals surface area contributed by atoms with E-state index < -0.39 is 0 Å². The molecule has 2 nitrogen and oxygen atoms in total. The van der Waals surface area contributed by atoms with Gasteiger partial charge in [-0.05, 0) is 85.5 Å². The van der Waals surface area contributed by atoms with Crippen molar-refractivity contribution in [1.29, 1.82) is 0 Å². The summed E-state index contributed by atoms with van der Waals surface area (Å²) in [6.07, 6.45) is 4.06. The lowest BCUT2D eigenvalue weighted by atomic mass is 9.95. The number of anilines is 1. The van der Waals surface area contributed by atoms with E-state index in [9.17, 15) is 0 Å². The summed E-state index contributed by atoms with van der Waals surface area (Å²) in [5.74, 6) is 0.891. The Kier molecular flexibility index (Phi) is 3.54. The number of nitrogens with one attached hydrogen (secondary N) is 1. The van der Waals surface area contributed by atoms with Gasteiger partial charge in [0.05, 0.1) is 0 Å². The summed E-state index contributed by atoms with van der Waals surface area (Å²) in [7, 11) is 0. The summed E-state index contributed by atoms with van der Waals surface area (Å²) in [6.45, 7) is 5.90. The first kappa shape index (κ1) is 12.7. The molecular formula is C15H21IN2. The highest BCUT2D eigenvalue weighted by molar-refractivity contribution is 14.1. The molecule has 0 amide bonds. The van der Waals surface area contributed by atoms with Gasteiger partial charge in [0.1, 0.15) is 0 Å². The second kappa shape index (κ2) is 5.00. The number of benzene rings is 1. The number of hydrogen-bond acceptors (Lipinski definition) is 2. The minimum atomic E-state index is 0.319. The Morgan fingerprint density at radius 1 is 1.28 bits per heavy atom. The van der Waals surface area contributed by atoms with E-state index in [0.717, 1.165) is 19.0 Å². The molecule has 1 atom stereocenters. The normalized spacial score (nSPS) is 29.1. The average molecular weight is 356 g/mol. The highest BCUT2D eigenvalue weighted by atomic mass is 127. The number of rotatable bonds is 2. The van der Waals surface area contributed by atoms with E-state index in [4.69, 9.17) is 0 Å². The molecule has 0 aromatic heterocycles. The molecular weight excluding hydrogens is 335 g/mol. The zero-order chi connectivity index (χ0) is 12.6. The third-order valence-electron chi connectivity index (χ3n) is 4.32. The quantitative estimate of drug-likeness (QED) is 0.819. The van der Waals surface area contributed by atoms with Crippen LogP contribution in [-0.2, 0) is 0 Å². The summed E-state index contributed by atoms with van der Waals surface area (Å²) >= 11 is 2.37. The number of nitrogens with zero attached hydrogens (tertiary/aromatic N) is 1. The predicted molar refractivity (Wildman–Crippen MR) is 85.1 cm³/mol. The van der Waals surface area contributed by atoms with Gasteiger partial charge in [-0.15, -0.1) is 0 Å². The molecule has 1 aliphatic heterocycles. The van der Waals surface area contributed by atoms with Crippen LogP contribution in [0.25, 0.3) is 0 Å². The molecule has 0 bridgehead atoms. The van der Waals surface area contributed by atoms with Crippen LogP contribution < -0.4 is 10.2 Å². The molecule has 18 heavy (non-hydrogen) atoms. The Morgan fingerprint density at radius 2 is 2.00 bits per heavy atom. The molecule has 1 aromatic carbocycles. The van der Waals surface area contributed by atoms with Crippen molar-refractivity contribution in [2.75, 3.05) is 24.5 Å². The van der Waals surface area contributed by atoms with Gasteiger partial charge in [-0.3, -0.25) is 0 Å².